The van der Waals surface area contributed by atoms with Gasteiger partial charge in [-0.1, -0.05) is 0 Å². The van der Waals surface area contributed by atoms with E-state index in [2.05, 4.69) is 21.7 Å². The first kappa shape index (κ1) is 22.5. The van der Waals surface area contributed by atoms with Crippen molar-refractivity contribution in [3.8, 4) is 5.69 Å². The highest BCUT2D eigenvalue weighted by atomic mass is 19.1. The number of hydrogen-bond donors (Lipinski definition) is 0. The maximum atomic E-state index is 13.9. The van der Waals surface area contributed by atoms with Gasteiger partial charge in [-0.3, -0.25) is 9.79 Å². The highest BCUT2D eigenvalue weighted by Gasteiger charge is 2.30. The SMILES string of the molecule is CC(=O)N1CCC(Cc2c(C3CCOCC3)n(-c3ccc(F)cc3)c3cc4c(cc23)CN=C4)CC1. The van der Waals surface area contributed by atoms with Crippen LogP contribution < -0.4 is 0 Å². The van der Waals surface area contributed by atoms with E-state index in [4.69, 9.17) is 4.74 Å². The molecule has 0 aliphatic carbocycles. The number of rotatable bonds is 4. The molecule has 35 heavy (non-hydrogen) atoms. The maximum absolute atomic E-state index is 13.9. The average molecular weight is 474 g/mol. The van der Waals surface area contributed by atoms with Gasteiger partial charge >= 0.3 is 0 Å². The third-order valence-corrected chi connectivity index (χ3v) is 8.11. The number of ether oxygens (including phenoxy) is 1. The topological polar surface area (TPSA) is 46.8 Å². The van der Waals surface area contributed by atoms with E-state index in [-0.39, 0.29) is 11.7 Å². The molecular weight excluding hydrogens is 441 g/mol. The average Bonchev–Trinajstić information content (AvgIpc) is 3.46. The number of likely N-dealkylation sites (tertiary alicyclic amines) is 1. The number of piperidine rings is 1. The number of aliphatic imine (C=N–C) groups is 1. The number of fused-ring (bicyclic) bond motifs is 2. The summed E-state index contributed by atoms with van der Waals surface area (Å²) in [7, 11) is 0. The molecule has 0 unspecified atom stereocenters. The Morgan fingerprint density at radius 3 is 2.54 bits per heavy atom. The van der Waals surface area contributed by atoms with Crippen LogP contribution in [0.1, 0.15) is 60.9 Å². The van der Waals surface area contributed by atoms with Crippen molar-refractivity contribution in [3.63, 3.8) is 0 Å². The zero-order valence-electron chi connectivity index (χ0n) is 20.3. The lowest BCUT2D eigenvalue weighted by Gasteiger charge is -2.32. The molecule has 1 aromatic heterocycles. The largest absolute Gasteiger partial charge is 0.381 e. The number of hydrogen-bond acceptors (Lipinski definition) is 3. The molecule has 2 aromatic carbocycles. The van der Waals surface area contributed by atoms with E-state index >= 15 is 0 Å². The van der Waals surface area contributed by atoms with Crippen molar-refractivity contribution in [2.75, 3.05) is 26.3 Å². The van der Waals surface area contributed by atoms with E-state index in [1.54, 1.807) is 19.1 Å². The van der Waals surface area contributed by atoms with Crippen molar-refractivity contribution in [1.29, 1.82) is 0 Å². The molecule has 3 aliphatic rings. The fraction of sp³-hybridized carbons (Fsp3) is 0.448. The first-order valence-corrected chi connectivity index (χ1v) is 12.9. The Bertz CT molecular complexity index is 1280. The van der Waals surface area contributed by atoms with E-state index in [9.17, 15) is 9.18 Å². The summed E-state index contributed by atoms with van der Waals surface area (Å²) in [6.07, 6.45) is 7.03. The second kappa shape index (κ2) is 9.23. The van der Waals surface area contributed by atoms with Crippen LogP contribution in [0.15, 0.2) is 41.4 Å². The van der Waals surface area contributed by atoms with E-state index < -0.39 is 0 Å². The number of benzene rings is 2. The van der Waals surface area contributed by atoms with Crippen LogP contribution in [0.4, 0.5) is 4.39 Å². The van der Waals surface area contributed by atoms with Crippen LogP contribution in [-0.4, -0.2) is 47.9 Å². The Morgan fingerprint density at radius 2 is 1.83 bits per heavy atom. The fourth-order valence-electron chi connectivity index (χ4n) is 6.20. The van der Waals surface area contributed by atoms with Crippen LogP contribution in [0.25, 0.3) is 16.6 Å². The Balaban J connectivity index is 1.51. The number of carbonyl (C=O) groups excluding carboxylic acids is 1. The predicted molar refractivity (Wildman–Crippen MR) is 136 cm³/mol. The molecule has 0 atom stereocenters. The molecule has 182 valence electrons. The van der Waals surface area contributed by atoms with Crippen LogP contribution in [-0.2, 0) is 22.5 Å². The van der Waals surface area contributed by atoms with Gasteiger partial charge < -0.3 is 14.2 Å². The highest BCUT2D eigenvalue weighted by Crippen LogP contribution is 2.41. The van der Waals surface area contributed by atoms with Crippen molar-refractivity contribution in [1.82, 2.24) is 9.47 Å². The van der Waals surface area contributed by atoms with Crippen LogP contribution in [0.5, 0.6) is 0 Å². The van der Waals surface area contributed by atoms with Gasteiger partial charge in [-0.15, -0.1) is 0 Å². The van der Waals surface area contributed by atoms with E-state index in [0.717, 1.165) is 70.6 Å². The lowest BCUT2D eigenvalue weighted by molar-refractivity contribution is -0.130. The number of nitrogens with zero attached hydrogens (tertiary/aromatic N) is 3. The molecule has 2 fully saturated rings. The van der Waals surface area contributed by atoms with Crippen molar-refractivity contribution in [2.24, 2.45) is 10.9 Å². The lowest BCUT2D eigenvalue weighted by atomic mass is 9.85. The van der Waals surface area contributed by atoms with Crippen LogP contribution in [0, 0.1) is 11.7 Å². The van der Waals surface area contributed by atoms with Gasteiger partial charge in [0.1, 0.15) is 5.82 Å². The van der Waals surface area contributed by atoms with Crippen molar-refractivity contribution < 1.29 is 13.9 Å². The standard InChI is InChI=1S/C29H32FN3O2/c1-19(34)32-10-6-20(7-11-32)14-27-26-15-22-17-31-18-23(22)16-28(26)33(25-4-2-24(30)3-5-25)29(27)21-8-12-35-13-9-21/h2-5,15-16,18,20-21H,6-14,17H2,1H3. The zero-order valence-corrected chi connectivity index (χ0v) is 20.3. The van der Waals surface area contributed by atoms with Crippen molar-refractivity contribution in [3.05, 3.63) is 64.6 Å². The van der Waals surface area contributed by atoms with Crippen molar-refractivity contribution in [2.45, 2.75) is 51.5 Å². The summed E-state index contributed by atoms with van der Waals surface area (Å²) >= 11 is 0. The minimum atomic E-state index is -0.219. The monoisotopic (exact) mass is 473 g/mol. The molecule has 0 spiro atoms. The third-order valence-electron chi connectivity index (χ3n) is 8.11. The molecule has 6 heteroatoms. The van der Waals surface area contributed by atoms with Gasteiger partial charge in [0.05, 0.1) is 12.1 Å². The summed E-state index contributed by atoms with van der Waals surface area (Å²) in [6.45, 7) is 5.63. The summed E-state index contributed by atoms with van der Waals surface area (Å²) in [5, 5.41) is 1.30. The van der Waals surface area contributed by atoms with Gasteiger partial charge in [-0.2, -0.15) is 0 Å². The molecule has 0 radical (unpaired) electrons. The smallest absolute Gasteiger partial charge is 0.219 e. The van der Waals surface area contributed by atoms with Gasteiger partial charge in [-0.25, -0.2) is 4.39 Å². The Kier molecular flexibility index (Phi) is 5.93. The normalized spacial score (nSPS) is 19.0. The fourth-order valence-corrected chi connectivity index (χ4v) is 6.20. The van der Waals surface area contributed by atoms with Gasteiger partial charge in [0, 0.05) is 62.1 Å². The molecule has 6 rings (SSSR count). The van der Waals surface area contributed by atoms with Gasteiger partial charge in [0.25, 0.3) is 0 Å². The predicted octanol–water partition coefficient (Wildman–Crippen LogP) is 5.40. The molecule has 5 nitrogen and oxygen atoms in total. The molecule has 3 aromatic rings. The summed E-state index contributed by atoms with van der Waals surface area (Å²) in [6, 6.07) is 11.5. The molecule has 2 saturated heterocycles. The molecule has 1 amide bonds. The van der Waals surface area contributed by atoms with Crippen LogP contribution in [0.3, 0.4) is 0 Å². The quantitative estimate of drug-likeness (QED) is 0.510. The van der Waals surface area contributed by atoms with E-state index in [0.29, 0.717) is 11.8 Å². The van der Waals surface area contributed by atoms with Crippen molar-refractivity contribution >= 4 is 23.0 Å². The Labute approximate surface area is 205 Å². The Hall–Kier alpha value is -2.99. The van der Waals surface area contributed by atoms with Gasteiger partial charge in [0.2, 0.25) is 5.91 Å². The number of halogens is 1. The number of carbonyl (C=O) groups is 1. The molecule has 0 saturated carbocycles. The number of aromatic nitrogens is 1. The third kappa shape index (κ3) is 4.18. The van der Waals surface area contributed by atoms with Gasteiger partial charge in [-0.05, 0) is 91.1 Å². The summed E-state index contributed by atoms with van der Waals surface area (Å²) in [4.78, 5) is 18.4. The molecular formula is C29H32FN3O2. The summed E-state index contributed by atoms with van der Waals surface area (Å²) in [5.74, 6) is 0.899. The molecule has 0 N–H and O–H groups in total. The second-order valence-corrected chi connectivity index (χ2v) is 10.3. The number of amides is 1. The molecule has 3 aliphatic heterocycles. The second-order valence-electron chi connectivity index (χ2n) is 10.3. The summed E-state index contributed by atoms with van der Waals surface area (Å²) in [5.41, 5.74) is 7.43. The van der Waals surface area contributed by atoms with Crippen LogP contribution >= 0.6 is 0 Å². The first-order chi connectivity index (χ1) is 17.1. The zero-order chi connectivity index (χ0) is 23.9. The van der Waals surface area contributed by atoms with E-state index in [1.165, 1.54) is 33.3 Å². The summed E-state index contributed by atoms with van der Waals surface area (Å²) < 4.78 is 22.0. The minimum Gasteiger partial charge on any atom is -0.381 e. The van der Waals surface area contributed by atoms with Crippen LogP contribution in [0.2, 0.25) is 0 Å². The Morgan fingerprint density at radius 1 is 1.09 bits per heavy atom. The highest BCUT2D eigenvalue weighted by molar-refractivity contribution is 5.96. The van der Waals surface area contributed by atoms with E-state index in [1.807, 2.05) is 23.2 Å². The maximum Gasteiger partial charge on any atom is 0.219 e. The molecule has 0 bridgehead atoms. The minimum absolute atomic E-state index is 0.176. The van der Waals surface area contributed by atoms with Gasteiger partial charge in [0.15, 0.2) is 0 Å². The first-order valence-electron chi connectivity index (χ1n) is 12.9. The lowest BCUT2D eigenvalue weighted by Crippen LogP contribution is -2.37. The molecule has 4 heterocycles.